The van der Waals surface area contributed by atoms with Gasteiger partial charge in [-0.1, -0.05) is 51.1 Å². The zero-order valence-corrected chi connectivity index (χ0v) is 12.2. The Morgan fingerprint density at radius 3 is 2.16 bits per heavy atom. The maximum Gasteiger partial charge on any atom is 0.0749 e. The van der Waals surface area contributed by atoms with E-state index in [0.29, 0.717) is 6.54 Å². The summed E-state index contributed by atoms with van der Waals surface area (Å²) in [6.45, 7) is 9.19. The number of nitrogens with zero attached hydrogens (tertiary/aromatic N) is 1. The smallest absolute Gasteiger partial charge is 0.0749 e. The van der Waals surface area contributed by atoms with Crippen LogP contribution in [0.25, 0.3) is 11.3 Å². The molecule has 2 nitrogen and oxygen atoms in total. The normalized spacial score (nSPS) is 11.6. The van der Waals surface area contributed by atoms with E-state index in [9.17, 15) is 0 Å². The van der Waals surface area contributed by atoms with Crippen molar-refractivity contribution >= 4 is 0 Å². The first-order valence-corrected chi connectivity index (χ1v) is 6.69. The second-order valence-electron chi connectivity index (χ2n) is 5.99. The topological polar surface area (TPSA) is 38.9 Å². The molecule has 0 aliphatic rings. The van der Waals surface area contributed by atoms with E-state index in [1.165, 1.54) is 5.56 Å². The number of pyridine rings is 1. The third-order valence-corrected chi connectivity index (χ3v) is 3.36. The van der Waals surface area contributed by atoms with Gasteiger partial charge in [-0.05, 0) is 29.5 Å². The van der Waals surface area contributed by atoms with E-state index >= 15 is 0 Å². The summed E-state index contributed by atoms with van der Waals surface area (Å²) in [5, 5.41) is 0. The molecule has 0 saturated heterocycles. The predicted octanol–water partition coefficient (Wildman–Crippen LogP) is 3.81. The molecule has 1 heterocycles. The van der Waals surface area contributed by atoms with E-state index in [4.69, 9.17) is 5.73 Å². The zero-order valence-electron chi connectivity index (χ0n) is 12.2. The summed E-state index contributed by atoms with van der Waals surface area (Å²) in [5.41, 5.74) is 11.6. The Balaban J connectivity index is 2.45. The van der Waals surface area contributed by atoms with Crippen molar-refractivity contribution in [2.45, 2.75) is 39.7 Å². The van der Waals surface area contributed by atoms with Crippen molar-refractivity contribution in [1.29, 1.82) is 0 Å². The quantitative estimate of drug-likeness (QED) is 0.885. The van der Waals surface area contributed by atoms with Crippen molar-refractivity contribution in [2.75, 3.05) is 0 Å². The first kappa shape index (κ1) is 13.8. The van der Waals surface area contributed by atoms with Crippen LogP contribution in [0.4, 0.5) is 0 Å². The number of hydrogen-bond acceptors (Lipinski definition) is 2. The highest BCUT2D eigenvalue weighted by Gasteiger charge is 2.14. The van der Waals surface area contributed by atoms with Crippen molar-refractivity contribution < 1.29 is 0 Å². The standard InChI is InChI=1S/C17H22N2/c1-12-5-6-14(11-18)16(19-12)13-7-9-15(10-8-13)17(2,3)4/h5-10H,11,18H2,1-4H3. The van der Waals surface area contributed by atoms with E-state index in [2.05, 4.69) is 56.1 Å². The lowest BCUT2D eigenvalue weighted by Gasteiger charge is -2.19. The van der Waals surface area contributed by atoms with E-state index in [0.717, 1.165) is 22.5 Å². The molecule has 19 heavy (non-hydrogen) atoms. The summed E-state index contributed by atoms with van der Waals surface area (Å²) in [5.74, 6) is 0. The van der Waals surface area contributed by atoms with Crippen LogP contribution < -0.4 is 5.73 Å². The molecule has 0 aliphatic carbocycles. The van der Waals surface area contributed by atoms with Crippen LogP contribution in [0.15, 0.2) is 36.4 Å². The van der Waals surface area contributed by atoms with Gasteiger partial charge in [0.05, 0.1) is 5.69 Å². The van der Waals surface area contributed by atoms with E-state index in [1.807, 2.05) is 13.0 Å². The predicted molar refractivity (Wildman–Crippen MR) is 81.0 cm³/mol. The third-order valence-electron chi connectivity index (χ3n) is 3.36. The van der Waals surface area contributed by atoms with E-state index in [-0.39, 0.29) is 5.41 Å². The highest BCUT2D eigenvalue weighted by atomic mass is 14.7. The van der Waals surface area contributed by atoms with Gasteiger partial charge in [-0.2, -0.15) is 0 Å². The molecular weight excluding hydrogens is 232 g/mol. The number of aryl methyl sites for hydroxylation is 1. The lowest BCUT2D eigenvalue weighted by atomic mass is 9.86. The second kappa shape index (κ2) is 5.14. The molecule has 0 amide bonds. The summed E-state index contributed by atoms with van der Waals surface area (Å²) in [6, 6.07) is 12.7. The fraction of sp³-hybridized carbons (Fsp3) is 0.353. The summed E-state index contributed by atoms with van der Waals surface area (Å²) >= 11 is 0. The maximum absolute atomic E-state index is 5.80. The molecule has 2 rings (SSSR count). The summed E-state index contributed by atoms with van der Waals surface area (Å²) in [7, 11) is 0. The van der Waals surface area contributed by atoms with Crippen molar-refractivity contribution in [2.24, 2.45) is 5.73 Å². The van der Waals surface area contributed by atoms with Gasteiger partial charge in [0.2, 0.25) is 0 Å². The molecule has 2 heteroatoms. The van der Waals surface area contributed by atoms with Gasteiger partial charge in [-0.3, -0.25) is 4.98 Å². The minimum absolute atomic E-state index is 0.176. The molecule has 0 atom stereocenters. The first-order chi connectivity index (χ1) is 8.91. The number of rotatable bonds is 2. The van der Waals surface area contributed by atoms with Gasteiger partial charge in [-0.25, -0.2) is 0 Å². The van der Waals surface area contributed by atoms with Gasteiger partial charge in [0, 0.05) is 17.8 Å². The Morgan fingerprint density at radius 2 is 1.63 bits per heavy atom. The highest BCUT2D eigenvalue weighted by Crippen LogP contribution is 2.27. The van der Waals surface area contributed by atoms with Crippen molar-refractivity contribution in [3.63, 3.8) is 0 Å². The third kappa shape index (κ3) is 3.02. The molecule has 0 aliphatic heterocycles. The van der Waals surface area contributed by atoms with Crippen LogP contribution in [0.5, 0.6) is 0 Å². The van der Waals surface area contributed by atoms with Gasteiger partial charge in [-0.15, -0.1) is 0 Å². The van der Waals surface area contributed by atoms with Gasteiger partial charge in [0.15, 0.2) is 0 Å². The molecule has 2 N–H and O–H groups in total. The molecule has 1 aromatic carbocycles. The molecule has 2 aromatic rings. The van der Waals surface area contributed by atoms with Crippen molar-refractivity contribution in [3.8, 4) is 11.3 Å². The average molecular weight is 254 g/mol. The molecule has 0 spiro atoms. The number of aromatic nitrogens is 1. The molecular formula is C17H22N2. The molecule has 0 radical (unpaired) electrons. The summed E-state index contributed by atoms with van der Waals surface area (Å²) in [4.78, 5) is 4.63. The first-order valence-electron chi connectivity index (χ1n) is 6.69. The minimum Gasteiger partial charge on any atom is -0.326 e. The fourth-order valence-electron chi connectivity index (χ4n) is 2.13. The van der Waals surface area contributed by atoms with Gasteiger partial charge in [0.25, 0.3) is 0 Å². The Morgan fingerprint density at radius 1 is 1.00 bits per heavy atom. The van der Waals surface area contributed by atoms with Gasteiger partial charge in [0.1, 0.15) is 0 Å². The van der Waals surface area contributed by atoms with Crippen LogP contribution in [0, 0.1) is 6.92 Å². The average Bonchev–Trinajstić information content (AvgIpc) is 2.38. The number of hydrogen-bond donors (Lipinski definition) is 1. The largest absolute Gasteiger partial charge is 0.326 e. The Labute approximate surface area is 115 Å². The molecule has 0 fully saturated rings. The zero-order chi connectivity index (χ0) is 14.0. The molecule has 0 saturated carbocycles. The van der Waals surface area contributed by atoms with Crippen LogP contribution in [0.2, 0.25) is 0 Å². The van der Waals surface area contributed by atoms with Crippen LogP contribution in [-0.4, -0.2) is 4.98 Å². The second-order valence-corrected chi connectivity index (χ2v) is 5.99. The van der Waals surface area contributed by atoms with Gasteiger partial charge < -0.3 is 5.73 Å². The SMILES string of the molecule is Cc1ccc(CN)c(-c2ccc(C(C)(C)C)cc2)n1. The van der Waals surface area contributed by atoms with Crippen LogP contribution in [-0.2, 0) is 12.0 Å². The molecule has 1 aromatic heterocycles. The van der Waals surface area contributed by atoms with Crippen molar-refractivity contribution in [3.05, 3.63) is 53.2 Å². The van der Waals surface area contributed by atoms with E-state index < -0.39 is 0 Å². The number of benzene rings is 1. The molecule has 0 unspecified atom stereocenters. The summed E-state index contributed by atoms with van der Waals surface area (Å²) in [6.07, 6.45) is 0. The lowest BCUT2D eigenvalue weighted by Crippen LogP contribution is -2.10. The molecule has 100 valence electrons. The highest BCUT2D eigenvalue weighted by molar-refractivity contribution is 5.63. The van der Waals surface area contributed by atoms with E-state index in [1.54, 1.807) is 0 Å². The van der Waals surface area contributed by atoms with Crippen LogP contribution in [0.1, 0.15) is 37.6 Å². The van der Waals surface area contributed by atoms with Crippen LogP contribution in [0.3, 0.4) is 0 Å². The lowest BCUT2D eigenvalue weighted by molar-refractivity contribution is 0.590. The Bertz CT molecular complexity index is 563. The van der Waals surface area contributed by atoms with Gasteiger partial charge >= 0.3 is 0 Å². The Kier molecular flexibility index (Phi) is 3.72. The number of nitrogens with two attached hydrogens (primary N) is 1. The van der Waals surface area contributed by atoms with Crippen molar-refractivity contribution in [1.82, 2.24) is 4.98 Å². The Hall–Kier alpha value is -1.67. The monoisotopic (exact) mass is 254 g/mol. The minimum atomic E-state index is 0.176. The van der Waals surface area contributed by atoms with Crippen LogP contribution >= 0.6 is 0 Å². The maximum atomic E-state index is 5.80. The molecule has 0 bridgehead atoms. The fourth-order valence-corrected chi connectivity index (χ4v) is 2.13. The summed E-state index contributed by atoms with van der Waals surface area (Å²) < 4.78 is 0.